The van der Waals surface area contributed by atoms with Crippen LogP contribution in [-0.4, -0.2) is 33.6 Å². The third-order valence-corrected chi connectivity index (χ3v) is 4.83. The normalized spacial score (nSPS) is 18.2. The number of ketones is 1. The maximum Gasteiger partial charge on any atom is 0.133 e. The summed E-state index contributed by atoms with van der Waals surface area (Å²) in [7, 11) is 1.98. The third kappa shape index (κ3) is 2.83. The molecule has 0 unspecified atom stereocenters. The van der Waals surface area contributed by atoms with Gasteiger partial charge in [0.05, 0.1) is 15.9 Å². The number of carbonyl (C=O) groups is 1. The van der Waals surface area contributed by atoms with Crippen molar-refractivity contribution in [2.45, 2.75) is 33.2 Å². The van der Waals surface area contributed by atoms with E-state index in [1.165, 1.54) is 5.69 Å². The van der Waals surface area contributed by atoms with Gasteiger partial charge in [0.1, 0.15) is 5.78 Å². The molecule has 1 saturated heterocycles. The fourth-order valence-electron chi connectivity index (χ4n) is 2.56. The average molecular weight is 314 g/mol. The van der Waals surface area contributed by atoms with Gasteiger partial charge in [0, 0.05) is 19.5 Å². The van der Waals surface area contributed by atoms with Gasteiger partial charge in [0.25, 0.3) is 0 Å². The number of Topliss-reactive ketones (excluding diaryl/α,β-unsaturated/α-hetero) is 1. The number of piperidine rings is 1. The highest BCUT2D eigenvalue weighted by Gasteiger charge is 2.23. The van der Waals surface area contributed by atoms with Gasteiger partial charge in [0.15, 0.2) is 0 Å². The van der Waals surface area contributed by atoms with Crippen LogP contribution in [0.15, 0.2) is 4.47 Å². The van der Waals surface area contributed by atoms with Crippen molar-refractivity contribution in [2.75, 3.05) is 13.1 Å². The van der Waals surface area contributed by atoms with Crippen LogP contribution in [0.25, 0.3) is 0 Å². The molecule has 2 heterocycles. The number of hydrogen-bond donors (Lipinski definition) is 0. The lowest BCUT2D eigenvalue weighted by Crippen LogP contribution is -2.35. The second kappa shape index (κ2) is 5.53. The average Bonchev–Trinajstić information content (AvgIpc) is 2.57. The number of rotatable bonds is 3. The Bertz CT molecular complexity index is 447. The molecule has 1 aromatic heterocycles. The quantitative estimate of drug-likeness (QED) is 0.859. The summed E-state index contributed by atoms with van der Waals surface area (Å²) in [6.07, 6.45) is 1.98. The summed E-state index contributed by atoms with van der Waals surface area (Å²) in [5.41, 5.74) is 2.25. The Hall–Kier alpha value is -0.680. The van der Waals surface area contributed by atoms with Crippen molar-refractivity contribution in [3.8, 4) is 0 Å². The van der Waals surface area contributed by atoms with E-state index in [0.29, 0.717) is 5.78 Å². The molecule has 0 bridgehead atoms. The minimum absolute atomic E-state index is 0.276. The Labute approximate surface area is 116 Å². The number of halogens is 1. The Morgan fingerprint density at radius 2 is 2.06 bits per heavy atom. The Morgan fingerprint density at radius 3 is 2.50 bits per heavy atom. The summed E-state index contributed by atoms with van der Waals surface area (Å²) < 4.78 is 3.05. The van der Waals surface area contributed by atoms with Crippen LogP contribution in [0.3, 0.4) is 0 Å². The van der Waals surface area contributed by atoms with E-state index in [4.69, 9.17) is 0 Å². The predicted molar refractivity (Wildman–Crippen MR) is 74.3 cm³/mol. The van der Waals surface area contributed by atoms with Crippen LogP contribution >= 0.6 is 15.9 Å². The second-order valence-corrected chi connectivity index (χ2v) is 5.92. The molecule has 1 aromatic rings. The van der Waals surface area contributed by atoms with Gasteiger partial charge in [-0.2, -0.15) is 5.10 Å². The number of carbonyl (C=O) groups excluding carboxylic acids is 1. The Kier molecular flexibility index (Phi) is 4.22. The van der Waals surface area contributed by atoms with Gasteiger partial charge in [0.2, 0.25) is 0 Å². The maximum absolute atomic E-state index is 11.3. The summed E-state index contributed by atoms with van der Waals surface area (Å²) in [6.45, 7) is 6.63. The fraction of sp³-hybridized carbons (Fsp3) is 0.692. The van der Waals surface area contributed by atoms with E-state index in [0.717, 1.165) is 42.6 Å². The summed E-state index contributed by atoms with van der Waals surface area (Å²) in [5.74, 6) is 0.616. The molecule has 5 heteroatoms. The van der Waals surface area contributed by atoms with Crippen LogP contribution in [-0.2, 0) is 18.4 Å². The molecule has 0 aliphatic carbocycles. The minimum Gasteiger partial charge on any atom is -0.300 e. The SMILES string of the molecule is CC(=O)C1CCN(Cc2c(Br)c(C)nn2C)CC1. The summed E-state index contributed by atoms with van der Waals surface area (Å²) >= 11 is 3.60. The van der Waals surface area contributed by atoms with Crippen LogP contribution in [0, 0.1) is 12.8 Å². The standard InChI is InChI=1S/C13H20BrN3O/c1-9-13(14)12(16(3)15-9)8-17-6-4-11(5-7-17)10(2)18/h11H,4-8H2,1-3H3. The van der Waals surface area contributed by atoms with Crippen LogP contribution in [0.1, 0.15) is 31.2 Å². The molecule has 0 saturated carbocycles. The van der Waals surface area contributed by atoms with Crippen molar-refractivity contribution >= 4 is 21.7 Å². The zero-order valence-corrected chi connectivity index (χ0v) is 12.8. The Balaban J connectivity index is 1.97. The van der Waals surface area contributed by atoms with E-state index in [1.807, 2.05) is 18.7 Å². The molecule has 2 rings (SSSR count). The van der Waals surface area contributed by atoms with Crippen LogP contribution in [0.5, 0.6) is 0 Å². The molecule has 0 radical (unpaired) electrons. The first-order valence-corrected chi connectivity index (χ1v) is 7.19. The lowest BCUT2D eigenvalue weighted by atomic mass is 9.93. The van der Waals surface area contributed by atoms with E-state index in [2.05, 4.69) is 25.9 Å². The number of nitrogens with zero attached hydrogens (tertiary/aromatic N) is 3. The lowest BCUT2D eigenvalue weighted by Gasteiger charge is -2.30. The topological polar surface area (TPSA) is 38.1 Å². The van der Waals surface area contributed by atoms with E-state index < -0.39 is 0 Å². The number of aryl methyl sites for hydroxylation is 2. The molecular weight excluding hydrogens is 294 g/mol. The van der Waals surface area contributed by atoms with Gasteiger partial charge in [-0.1, -0.05) is 0 Å². The molecule has 1 aliphatic heterocycles. The molecule has 1 fully saturated rings. The second-order valence-electron chi connectivity index (χ2n) is 5.13. The van der Waals surface area contributed by atoms with Gasteiger partial charge in [-0.15, -0.1) is 0 Å². The zero-order valence-electron chi connectivity index (χ0n) is 11.2. The van der Waals surface area contributed by atoms with Gasteiger partial charge in [-0.3, -0.25) is 14.4 Å². The molecule has 0 N–H and O–H groups in total. The molecule has 1 aliphatic rings. The van der Waals surface area contributed by atoms with Crippen molar-refractivity contribution in [2.24, 2.45) is 13.0 Å². The van der Waals surface area contributed by atoms with Crippen molar-refractivity contribution in [3.05, 3.63) is 15.9 Å². The summed E-state index contributed by atoms with van der Waals surface area (Å²) in [6, 6.07) is 0. The molecule has 18 heavy (non-hydrogen) atoms. The maximum atomic E-state index is 11.3. The van der Waals surface area contributed by atoms with Gasteiger partial charge in [-0.25, -0.2) is 0 Å². The molecule has 0 atom stereocenters. The molecule has 0 spiro atoms. The first-order valence-electron chi connectivity index (χ1n) is 6.39. The smallest absolute Gasteiger partial charge is 0.133 e. The van der Waals surface area contributed by atoms with Crippen molar-refractivity contribution in [3.63, 3.8) is 0 Å². The first kappa shape index (κ1) is 13.7. The third-order valence-electron chi connectivity index (χ3n) is 3.80. The largest absolute Gasteiger partial charge is 0.300 e. The highest BCUT2D eigenvalue weighted by atomic mass is 79.9. The monoisotopic (exact) mass is 313 g/mol. The fourth-order valence-corrected chi connectivity index (χ4v) is 3.02. The van der Waals surface area contributed by atoms with Crippen LogP contribution in [0.2, 0.25) is 0 Å². The van der Waals surface area contributed by atoms with Crippen LogP contribution < -0.4 is 0 Å². The Morgan fingerprint density at radius 1 is 1.44 bits per heavy atom. The van der Waals surface area contributed by atoms with Crippen LogP contribution in [0.4, 0.5) is 0 Å². The van der Waals surface area contributed by atoms with Gasteiger partial charge < -0.3 is 0 Å². The van der Waals surface area contributed by atoms with Gasteiger partial charge in [-0.05, 0) is 55.7 Å². The minimum atomic E-state index is 0.276. The zero-order chi connectivity index (χ0) is 13.3. The van der Waals surface area contributed by atoms with Gasteiger partial charge >= 0.3 is 0 Å². The van der Waals surface area contributed by atoms with Crippen molar-refractivity contribution < 1.29 is 4.79 Å². The molecule has 0 amide bonds. The molecule has 4 nitrogen and oxygen atoms in total. The number of hydrogen-bond acceptors (Lipinski definition) is 3. The number of aromatic nitrogens is 2. The molecule has 100 valence electrons. The predicted octanol–water partition coefficient (Wildman–Crippen LogP) is 2.29. The number of likely N-dealkylation sites (tertiary alicyclic amines) is 1. The van der Waals surface area contributed by atoms with Crippen molar-refractivity contribution in [1.82, 2.24) is 14.7 Å². The van der Waals surface area contributed by atoms with E-state index in [1.54, 1.807) is 6.92 Å². The lowest BCUT2D eigenvalue weighted by molar-refractivity contribution is -0.122. The molecule has 0 aromatic carbocycles. The highest BCUT2D eigenvalue weighted by Crippen LogP contribution is 2.24. The van der Waals surface area contributed by atoms with E-state index in [-0.39, 0.29) is 5.92 Å². The molecular formula is C13H20BrN3O. The van der Waals surface area contributed by atoms with E-state index in [9.17, 15) is 4.79 Å². The van der Waals surface area contributed by atoms with E-state index >= 15 is 0 Å². The summed E-state index contributed by atoms with van der Waals surface area (Å²) in [4.78, 5) is 13.7. The first-order chi connectivity index (χ1) is 8.49. The van der Waals surface area contributed by atoms with Crippen molar-refractivity contribution in [1.29, 1.82) is 0 Å². The highest BCUT2D eigenvalue weighted by molar-refractivity contribution is 9.10. The summed E-state index contributed by atoms with van der Waals surface area (Å²) in [5, 5.41) is 4.41.